The van der Waals surface area contributed by atoms with Gasteiger partial charge in [0.1, 0.15) is 0 Å². The van der Waals surface area contributed by atoms with E-state index in [1.165, 1.54) is 11.3 Å². The van der Waals surface area contributed by atoms with Gasteiger partial charge in [-0.1, -0.05) is 13.8 Å². The molecule has 1 amide bonds. The van der Waals surface area contributed by atoms with Crippen LogP contribution < -0.4 is 5.32 Å². The molecular weight excluding hydrogens is 276 g/mol. The Hall–Kier alpha value is -1.95. The number of rotatable bonds is 5. The first-order valence-corrected chi connectivity index (χ1v) is 7.21. The molecule has 1 N–H and O–H groups in total. The molecule has 20 heavy (non-hydrogen) atoms. The second kappa shape index (κ2) is 6.47. The van der Waals surface area contributed by atoms with Crippen LogP contribution in [0.25, 0.3) is 10.2 Å². The molecule has 6 heteroatoms. The summed E-state index contributed by atoms with van der Waals surface area (Å²) in [5.41, 5.74) is 3.00. The summed E-state index contributed by atoms with van der Waals surface area (Å²) in [6, 6.07) is 5.14. The number of benzene rings is 1. The van der Waals surface area contributed by atoms with Crippen molar-refractivity contribution in [1.82, 2.24) is 10.3 Å². The molecule has 0 atom stereocenters. The molecule has 0 aliphatic rings. The van der Waals surface area contributed by atoms with Gasteiger partial charge >= 0.3 is 5.97 Å². The molecule has 0 bridgehead atoms. The third-order valence-electron chi connectivity index (χ3n) is 2.61. The minimum Gasteiger partial charge on any atom is -0.452 e. The van der Waals surface area contributed by atoms with Gasteiger partial charge in [0.2, 0.25) is 0 Å². The van der Waals surface area contributed by atoms with E-state index in [1.54, 1.807) is 23.7 Å². The van der Waals surface area contributed by atoms with E-state index in [-0.39, 0.29) is 12.5 Å². The van der Waals surface area contributed by atoms with E-state index in [0.717, 1.165) is 10.2 Å². The van der Waals surface area contributed by atoms with E-state index >= 15 is 0 Å². The molecule has 0 unspecified atom stereocenters. The quantitative estimate of drug-likeness (QED) is 0.858. The van der Waals surface area contributed by atoms with Crippen LogP contribution in [0.1, 0.15) is 24.2 Å². The number of fused-ring (bicyclic) bond motifs is 1. The Kier molecular flexibility index (Phi) is 4.68. The second-order valence-electron chi connectivity index (χ2n) is 4.81. The molecule has 1 heterocycles. The topological polar surface area (TPSA) is 68.3 Å². The van der Waals surface area contributed by atoms with Crippen LogP contribution >= 0.6 is 11.3 Å². The third-order valence-corrected chi connectivity index (χ3v) is 3.40. The molecular formula is C14H16N2O3S. The molecule has 106 valence electrons. The van der Waals surface area contributed by atoms with Crippen LogP contribution in [-0.2, 0) is 9.53 Å². The zero-order chi connectivity index (χ0) is 14.5. The number of hydrogen-bond donors (Lipinski definition) is 1. The van der Waals surface area contributed by atoms with Crippen molar-refractivity contribution in [2.24, 2.45) is 5.92 Å². The molecule has 1 aromatic carbocycles. The number of nitrogens with one attached hydrogen (secondary N) is 1. The zero-order valence-corrected chi connectivity index (χ0v) is 12.2. The number of ether oxygens (including phenoxy) is 1. The lowest BCUT2D eigenvalue weighted by atomic mass is 10.2. The largest absolute Gasteiger partial charge is 0.452 e. The van der Waals surface area contributed by atoms with Gasteiger partial charge in [-0.05, 0) is 24.1 Å². The van der Waals surface area contributed by atoms with Gasteiger partial charge in [0.25, 0.3) is 5.91 Å². The highest BCUT2D eigenvalue weighted by Crippen LogP contribution is 2.19. The van der Waals surface area contributed by atoms with Crippen LogP contribution in [0, 0.1) is 5.92 Å². The summed E-state index contributed by atoms with van der Waals surface area (Å²) in [4.78, 5) is 27.4. The number of aromatic nitrogens is 1. The fourth-order valence-corrected chi connectivity index (χ4v) is 2.28. The molecule has 0 spiro atoms. The van der Waals surface area contributed by atoms with Crippen LogP contribution in [-0.4, -0.2) is 30.0 Å². The summed E-state index contributed by atoms with van der Waals surface area (Å²) in [7, 11) is 0. The summed E-state index contributed by atoms with van der Waals surface area (Å²) >= 11 is 1.46. The highest BCUT2D eigenvalue weighted by molar-refractivity contribution is 7.16. The van der Waals surface area contributed by atoms with Gasteiger partial charge in [-0.25, -0.2) is 9.78 Å². The Bertz CT molecular complexity index is 622. The average molecular weight is 292 g/mol. The molecule has 0 saturated heterocycles. The minimum atomic E-state index is -0.500. The molecule has 0 saturated carbocycles. The average Bonchev–Trinajstić information content (AvgIpc) is 2.89. The molecule has 2 rings (SSSR count). The smallest absolute Gasteiger partial charge is 0.338 e. The van der Waals surface area contributed by atoms with E-state index in [2.05, 4.69) is 10.3 Å². The summed E-state index contributed by atoms with van der Waals surface area (Å²) in [5.74, 6) is -0.422. The van der Waals surface area contributed by atoms with Crippen LogP contribution in [0.2, 0.25) is 0 Å². The van der Waals surface area contributed by atoms with Gasteiger partial charge in [0.05, 0.1) is 21.3 Å². The zero-order valence-electron chi connectivity index (χ0n) is 11.4. The van der Waals surface area contributed by atoms with Crippen molar-refractivity contribution in [1.29, 1.82) is 0 Å². The van der Waals surface area contributed by atoms with Gasteiger partial charge in [-0.3, -0.25) is 4.79 Å². The number of amides is 1. The van der Waals surface area contributed by atoms with Gasteiger partial charge < -0.3 is 10.1 Å². The Balaban J connectivity index is 1.89. The van der Waals surface area contributed by atoms with Crippen molar-refractivity contribution < 1.29 is 14.3 Å². The van der Waals surface area contributed by atoms with Gasteiger partial charge in [0, 0.05) is 6.54 Å². The van der Waals surface area contributed by atoms with Gasteiger partial charge in [0.15, 0.2) is 6.61 Å². The van der Waals surface area contributed by atoms with Crippen LogP contribution in [0.3, 0.4) is 0 Å². The maximum Gasteiger partial charge on any atom is 0.338 e. The first-order chi connectivity index (χ1) is 9.56. The van der Waals surface area contributed by atoms with Crippen molar-refractivity contribution in [2.75, 3.05) is 13.2 Å². The molecule has 0 fully saturated rings. The van der Waals surface area contributed by atoms with E-state index < -0.39 is 5.97 Å². The third kappa shape index (κ3) is 3.77. The Labute approximate surface area is 121 Å². The maximum absolute atomic E-state index is 11.8. The summed E-state index contributed by atoms with van der Waals surface area (Å²) < 4.78 is 5.90. The Morgan fingerprint density at radius 3 is 2.95 bits per heavy atom. The van der Waals surface area contributed by atoms with E-state index in [4.69, 9.17) is 4.74 Å². The molecule has 1 aromatic heterocycles. The van der Waals surface area contributed by atoms with Gasteiger partial charge in [-0.2, -0.15) is 0 Å². The van der Waals surface area contributed by atoms with Crippen LogP contribution in [0.5, 0.6) is 0 Å². The lowest BCUT2D eigenvalue weighted by Gasteiger charge is -2.08. The lowest BCUT2D eigenvalue weighted by molar-refractivity contribution is -0.124. The molecule has 2 aromatic rings. The van der Waals surface area contributed by atoms with Crippen molar-refractivity contribution in [3.05, 3.63) is 29.3 Å². The standard InChI is InChI=1S/C14H16N2O3S/c1-9(2)6-15-13(17)7-19-14(18)10-3-4-11-12(5-10)20-8-16-11/h3-5,8-9H,6-7H2,1-2H3,(H,15,17). The summed E-state index contributed by atoms with van der Waals surface area (Å²) in [6.07, 6.45) is 0. The number of carbonyl (C=O) groups excluding carboxylic acids is 2. The van der Waals surface area contributed by atoms with Crippen molar-refractivity contribution in [2.45, 2.75) is 13.8 Å². The van der Waals surface area contributed by atoms with E-state index in [1.807, 2.05) is 13.8 Å². The first kappa shape index (κ1) is 14.5. The highest BCUT2D eigenvalue weighted by atomic mass is 32.1. The van der Waals surface area contributed by atoms with Crippen LogP contribution in [0.4, 0.5) is 0 Å². The molecule has 0 radical (unpaired) electrons. The fraction of sp³-hybridized carbons (Fsp3) is 0.357. The minimum absolute atomic E-state index is 0.258. The summed E-state index contributed by atoms with van der Waals surface area (Å²) in [6.45, 7) is 4.31. The SMILES string of the molecule is CC(C)CNC(=O)COC(=O)c1ccc2ncsc2c1. The first-order valence-electron chi connectivity index (χ1n) is 6.33. The number of thiazole rings is 1. The normalized spacial score (nSPS) is 10.8. The number of hydrogen-bond acceptors (Lipinski definition) is 5. The number of esters is 1. The molecule has 0 aliphatic carbocycles. The summed E-state index contributed by atoms with van der Waals surface area (Å²) in [5, 5.41) is 2.69. The fourth-order valence-electron chi connectivity index (χ4n) is 1.57. The van der Waals surface area contributed by atoms with Crippen LogP contribution in [0.15, 0.2) is 23.7 Å². The Morgan fingerprint density at radius 1 is 1.40 bits per heavy atom. The van der Waals surface area contributed by atoms with E-state index in [9.17, 15) is 9.59 Å². The van der Waals surface area contributed by atoms with E-state index in [0.29, 0.717) is 18.0 Å². The molecule has 5 nitrogen and oxygen atoms in total. The maximum atomic E-state index is 11.8. The monoisotopic (exact) mass is 292 g/mol. The number of nitrogens with zero attached hydrogens (tertiary/aromatic N) is 1. The van der Waals surface area contributed by atoms with Crippen molar-refractivity contribution in [3.8, 4) is 0 Å². The van der Waals surface area contributed by atoms with Crippen molar-refractivity contribution in [3.63, 3.8) is 0 Å². The number of carbonyl (C=O) groups is 2. The Morgan fingerprint density at radius 2 is 2.20 bits per heavy atom. The second-order valence-corrected chi connectivity index (χ2v) is 5.70. The lowest BCUT2D eigenvalue weighted by Crippen LogP contribution is -2.31. The van der Waals surface area contributed by atoms with Gasteiger partial charge in [-0.15, -0.1) is 11.3 Å². The molecule has 0 aliphatic heterocycles. The predicted molar refractivity (Wildman–Crippen MR) is 77.8 cm³/mol. The van der Waals surface area contributed by atoms with Crippen molar-refractivity contribution >= 4 is 33.4 Å². The highest BCUT2D eigenvalue weighted by Gasteiger charge is 2.11. The predicted octanol–water partition coefficient (Wildman–Crippen LogP) is 2.23.